The molecule has 0 aromatic rings. The van der Waals surface area contributed by atoms with E-state index in [-0.39, 0.29) is 24.3 Å². The fourth-order valence-electron chi connectivity index (χ4n) is 2.98. The smallest absolute Gasteiger partial charge is 0.326 e. The van der Waals surface area contributed by atoms with Gasteiger partial charge in [-0.2, -0.15) is 0 Å². The van der Waals surface area contributed by atoms with Crippen molar-refractivity contribution >= 4 is 17.8 Å². The molecule has 0 radical (unpaired) electrons. The number of carboxylic acids is 1. The summed E-state index contributed by atoms with van der Waals surface area (Å²) in [5.41, 5.74) is 0. The number of aliphatic carboxylic acids is 1. The summed E-state index contributed by atoms with van der Waals surface area (Å²) >= 11 is 0. The molecule has 0 unspecified atom stereocenters. The maximum absolute atomic E-state index is 13.0. The zero-order valence-electron chi connectivity index (χ0n) is 15.3. The van der Waals surface area contributed by atoms with Crippen molar-refractivity contribution in [3.05, 3.63) is 25.3 Å². The summed E-state index contributed by atoms with van der Waals surface area (Å²) in [6, 6.07) is -2.30. The van der Waals surface area contributed by atoms with Gasteiger partial charge in [-0.05, 0) is 46.7 Å². The van der Waals surface area contributed by atoms with Gasteiger partial charge in [0.2, 0.25) is 11.8 Å². The van der Waals surface area contributed by atoms with E-state index in [1.165, 1.54) is 4.90 Å². The average Bonchev–Trinajstić information content (AvgIpc) is 2.97. The van der Waals surface area contributed by atoms with Crippen LogP contribution in [0.25, 0.3) is 0 Å². The molecule has 1 fully saturated rings. The van der Waals surface area contributed by atoms with E-state index < -0.39 is 24.1 Å². The van der Waals surface area contributed by atoms with Crippen LogP contribution in [-0.4, -0.2) is 71.0 Å². The molecule has 0 aromatic heterocycles. The van der Waals surface area contributed by atoms with E-state index in [9.17, 15) is 19.5 Å². The van der Waals surface area contributed by atoms with Gasteiger partial charge in [0, 0.05) is 6.04 Å². The van der Waals surface area contributed by atoms with Gasteiger partial charge in [0.1, 0.15) is 12.1 Å². The van der Waals surface area contributed by atoms with Crippen LogP contribution in [0.2, 0.25) is 0 Å². The molecule has 0 spiro atoms. The normalized spacial score (nSPS) is 22.3. The molecule has 1 heterocycles. The van der Waals surface area contributed by atoms with Crippen LogP contribution in [0.4, 0.5) is 0 Å². The third-order valence-electron chi connectivity index (χ3n) is 4.65. The van der Waals surface area contributed by atoms with E-state index >= 15 is 0 Å². The largest absolute Gasteiger partial charge is 0.480 e. The van der Waals surface area contributed by atoms with Gasteiger partial charge in [0.05, 0.1) is 6.04 Å². The lowest BCUT2D eigenvalue weighted by molar-refractivity contribution is -0.151. The number of carboxylic acid groups (broad SMARTS) is 1. The fraction of sp³-hybridized carbons (Fsp3) is 0.611. The van der Waals surface area contributed by atoms with Crippen LogP contribution in [0, 0.1) is 0 Å². The molecule has 25 heavy (non-hydrogen) atoms. The quantitative estimate of drug-likeness (QED) is 0.605. The Bertz CT molecular complexity index is 532. The van der Waals surface area contributed by atoms with Crippen LogP contribution in [0.5, 0.6) is 0 Å². The Labute approximate surface area is 149 Å². The first kappa shape index (κ1) is 20.9. The van der Waals surface area contributed by atoms with Crippen molar-refractivity contribution in [1.29, 1.82) is 0 Å². The Hall–Kier alpha value is -2.15. The summed E-state index contributed by atoms with van der Waals surface area (Å²) in [6.45, 7) is 9.06. The topological polar surface area (TPSA) is 90.0 Å². The highest BCUT2D eigenvalue weighted by molar-refractivity contribution is 5.92. The molecule has 1 aliphatic heterocycles. The lowest BCUT2D eigenvalue weighted by Crippen LogP contribution is -2.56. The molecular weight excluding hydrogens is 322 g/mol. The van der Waals surface area contributed by atoms with Gasteiger partial charge >= 0.3 is 5.97 Å². The second-order valence-corrected chi connectivity index (χ2v) is 6.58. The minimum Gasteiger partial charge on any atom is -0.480 e. The standard InChI is InChI=1S/C18H29N3O4/c1-6-8-13-10-11-15(18(24)25)21(13)17(23)14(9-7-2)19-16(22)12(3)20(4)5/h6-7,12-15H,1-2,8-11H2,3-5H3,(H,19,22)(H,24,25)/t12-,13-,14-,15-/m0/s1. The van der Waals surface area contributed by atoms with E-state index in [0.29, 0.717) is 19.3 Å². The lowest BCUT2D eigenvalue weighted by atomic mass is 10.1. The Morgan fingerprint density at radius 3 is 2.40 bits per heavy atom. The summed E-state index contributed by atoms with van der Waals surface area (Å²) in [7, 11) is 3.55. The van der Waals surface area contributed by atoms with Crippen molar-refractivity contribution in [1.82, 2.24) is 15.1 Å². The zero-order valence-corrected chi connectivity index (χ0v) is 15.3. The van der Waals surface area contributed by atoms with Crippen LogP contribution >= 0.6 is 0 Å². The third kappa shape index (κ3) is 5.16. The molecule has 140 valence electrons. The van der Waals surface area contributed by atoms with Crippen LogP contribution in [0.1, 0.15) is 32.6 Å². The molecule has 0 aromatic carbocycles. The van der Waals surface area contributed by atoms with Crippen LogP contribution in [0.3, 0.4) is 0 Å². The summed E-state index contributed by atoms with van der Waals surface area (Å²) in [5, 5.41) is 12.2. The molecular formula is C18H29N3O4. The van der Waals surface area contributed by atoms with Crippen LogP contribution in [-0.2, 0) is 14.4 Å². The first-order valence-corrected chi connectivity index (χ1v) is 8.48. The highest BCUT2D eigenvalue weighted by atomic mass is 16.4. The molecule has 2 N–H and O–H groups in total. The minimum absolute atomic E-state index is 0.207. The number of amides is 2. The lowest BCUT2D eigenvalue weighted by Gasteiger charge is -2.32. The minimum atomic E-state index is -1.02. The van der Waals surface area contributed by atoms with E-state index in [0.717, 1.165) is 0 Å². The van der Waals surface area contributed by atoms with E-state index in [2.05, 4.69) is 18.5 Å². The number of hydrogen-bond acceptors (Lipinski definition) is 4. The molecule has 1 saturated heterocycles. The Morgan fingerprint density at radius 2 is 1.92 bits per heavy atom. The monoisotopic (exact) mass is 351 g/mol. The number of nitrogens with zero attached hydrogens (tertiary/aromatic N) is 2. The van der Waals surface area contributed by atoms with Crippen molar-refractivity contribution in [2.45, 2.75) is 56.8 Å². The first-order valence-electron chi connectivity index (χ1n) is 8.48. The van der Waals surface area contributed by atoms with Gasteiger partial charge in [-0.25, -0.2) is 4.79 Å². The summed E-state index contributed by atoms with van der Waals surface area (Å²) < 4.78 is 0. The average molecular weight is 351 g/mol. The van der Waals surface area contributed by atoms with Gasteiger partial charge in [-0.15, -0.1) is 13.2 Å². The zero-order chi connectivity index (χ0) is 19.1. The summed E-state index contributed by atoms with van der Waals surface area (Å²) in [5.74, 6) is -1.68. The van der Waals surface area contributed by atoms with Crippen LogP contribution < -0.4 is 5.32 Å². The highest BCUT2D eigenvalue weighted by Gasteiger charge is 2.42. The van der Waals surface area contributed by atoms with Gasteiger partial charge in [-0.1, -0.05) is 12.2 Å². The number of likely N-dealkylation sites (tertiary alicyclic amines) is 1. The molecule has 0 saturated carbocycles. The van der Waals surface area contributed by atoms with E-state index in [1.54, 1.807) is 38.1 Å². The van der Waals surface area contributed by atoms with E-state index in [4.69, 9.17) is 0 Å². The number of nitrogens with one attached hydrogen (secondary N) is 1. The second kappa shape index (κ2) is 9.36. The van der Waals surface area contributed by atoms with Gasteiger partial charge in [0.25, 0.3) is 0 Å². The summed E-state index contributed by atoms with van der Waals surface area (Å²) in [6.07, 6.45) is 5.02. The number of carbonyl (C=O) groups excluding carboxylic acids is 2. The van der Waals surface area contributed by atoms with Crippen molar-refractivity contribution < 1.29 is 19.5 Å². The molecule has 4 atom stereocenters. The molecule has 2 amide bonds. The van der Waals surface area contributed by atoms with Gasteiger partial charge < -0.3 is 15.3 Å². The number of carbonyl (C=O) groups is 3. The molecule has 0 aliphatic carbocycles. The van der Waals surface area contributed by atoms with Crippen molar-refractivity contribution in [3.63, 3.8) is 0 Å². The number of rotatable bonds is 9. The Morgan fingerprint density at radius 1 is 1.28 bits per heavy atom. The summed E-state index contributed by atoms with van der Waals surface area (Å²) in [4.78, 5) is 40.0. The third-order valence-corrected chi connectivity index (χ3v) is 4.65. The SMILES string of the molecule is C=CC[C@H]1CC[C@@H](C(=O)O)N1C(=O)[C@H](CC=C)NC(=O)[C@H](C)N(C)C. The van der Waals surface area contributed by atoms with Crippen molar-refractivity contribution in [2.24, 2.45) is 0 Å². The number of hydrogen-bond donors (Lipinski definition) is 2. The molecule has 7 heteroatoms. The number of likely N-dealkylation sites (N-methyl/N-ethyl adjacent to an activating group) is 1. The molecule has 1 rings (SSSR count). The maximum Gasteiger partial charge on any atom is 0.326 e. The van der Waals surface area contributed by atoms with Crippen LogP contribution in [0.15, 0.2) is 25.3 Å². The molecule has 7 nitrogen and oxygen atoms in total. The van der Waals surface area contributed by atoms with Crippen molar-refractivity contribution in [3.8, 4) is 0 Å². The van der Waals surface area contributed by atoms with E-state index in [1.807, 2.05) is 0 Å². The fourth-order valence-corrected chi connectivity index (χ4v) is 2.98. The maximum atomic E-state index is 13.0. The van der Waals surface area contributed by atoms with Gasteiger partial charge in [-0.3, -0.25) is 14.5 Å². The predicted molar refractivity (Wildman–Crippen MR) is 96.0 cm³/mol. The Balaban J connectivity index is 3.01. The van der Waals surface area contributed by atoms with Crippen molar-refractivity contribution in [2.75, 3.05) is 14.1 Å². The molecule has 0 bridgehead atoms. The Kier molecular flexibility index (Phi) is 7.83. The van der Waals surface area contributed by atoms with Gasteiger partial charge in [0.15, 0.2) is 0 Å². The molecule has 1 aliphatic rings. The highest BCUT2D eigenvalue weighted by Crippen LogP contribution is 2.28. The first-order chi connectivity index (χ1) is 11.7. The second-order valence-electron chi connectivity index (χ2n) is 6.58. The predicted octanol–water partition coefficient (Wildman–Crippen LogP) is 1.02.